The average Bonchev–Trinajstić information content (AvgIpc) is 2.97. The monoisotopic (exact) mass is 235 g/mol. The molecular formula is C12H13NO2S. The van der Waals surface area contributed by atoms with E-state index in [-0.39, 0.29) is 0 Å². The highest BCUT2D eigenvalue weighted by Crippen LogP contribution is 2.36. The van der Waals surface area contributed by atoms with E-state index in [4.69, 9.17) is 9.47 Å². The van der Waals surface area contributed by atoms with Crippen LogP contribution >= 0.6 is 11.3 Å². The molecule has 16 heavy (non-hydrogen) atoms. The van der Waals surface area contributed by atoms with E-state index in [1.165, 1.54) is 12.8 Å². The van der Waals surface area contributed by atoms with Gasteiger partial charge in [0.05, 0.1) is 22.9 Å². The largest absolute Gasteiger partial charge is 0.494 e. The first kappa shape index (κ1) is 9.90. The van der Waals surface area contributed by atoms with Gasteiger partial charge >= 0.3 is 0 Å². The number of thiazole rings is 1. The van der Waals surface area contributed by atoms with Crippen LogP contribution < -0.4 is 9.47 Å². The van der Waals surface area contributed by atoms with E-state index < -0.39 is 0 Å². The molecule has 1 aliphatic rings. The van der Waals surface area contributed by atoms with Crippen molar-refractivity contribution in [2.45, 2.75) is 25.9 Å². The van der Waals surface area contributed by atoms with Gasteiger partial charge in [0, 0.05) is 6.07 Å². The fourth-order valence-corrected chi connectivity index (χ4v) is 2.56. The second kappa shape index (κ2) is 3.63. The van der Waals surface area contributed by atoms with Crippen LogP contribution in [0.4, 0.5) is 0 Å². The number of hydrogen-bond acceptors (Lipinski definition) is 4. The molecule has 0 bridgehead atoms. The zero-order valence-electron chi connectivity index (χ0n) is 9.32. The Morgan fingerprint density at radius 1 is 1.38 bits per heavy atom. The predicted octanol–water partition coefficient (Wildman–Crippen LogP) is 3.15. The maximum Gasteiger partial charge on any atom is 0.149 e. The number of rotatable bonds is 3. The van der Waals surface area contributed by atoms with Gasteiger partial charge in [-0.15, -0.1) is 11.3 Å². The van der Waals surface area contributed by atoms with Crippen molar-refractivity contribution in [2.24, 2.45) is 0 Å². The smallest absolute Gasteiger partial charge is 0.149 e. The second-order valence-corrected chi connectivity index (χ2v) is 5.26. The van der Waals surface area contributed by atoms with E-state index in [1.54, 1.807) is 18.4 Å². The van der Waals surface area contributed by atoms with Gasteiger partial charge < -0.3 is 9.47 Å². The van der Waals surface area contributed by atoms with Crippen molar-refractivity contribution >= 4 is 21.6 Å². The highest BCUT2D eigenvalue weighted by atomic mass is 32.1. The normalized spacial score (nSPS) is 15.4. The molecule has 0 amide bonds. The minimum absolute atomic E-state index is 0.413. The van der Waals surface area contributed by atoms with Gasteiger partial charge in [-0.2, -0.15) is 0 Å². The SMILES string of the molecule is COc1cc(OC2CC2)cc2sc(C)nc12. The van der Waals surface area contributed by atoms with E-state index in [1.807, 2.05) is 13.0 Å². The summed E-state index contributed by atoms with van der Waals surface area (Å²) in [6.07, 6.45) is 2.75. The van der Waals surface area contributed by atoms with Gasteiger partial charge in [-0.3, -0.25) is 0 Å². The van der Waals surface area contributed by atoms with E-state index in [0.29, 0.717) is 6.10 Å². The summed E-state index contributed by atoms with van der Waals surface area (Å²) in [6, 6.07) is 3.99. The molecule has 1 aliphatic carbocycles. The fourth-order valence-electron chi connectivity index (χ4n) is 1.69. The number of fused-ring (bicyclic) bond motifs is 1. The lowest BCUT2D eigenvalue weighted by Gasteiger charge is -2.07. The Morgan fingerprint density at radius 2 is 2.19 bits per heavy atom. The Balaban J connectivity index is 2.08. The van der Waals surface area contributed by atoms with Crippen LogP contribution in [0.5, 0.6) is 11.5 Å². The molecular weight excluding hydrogens is 222 g/mol. The number of methoxy groups -OCH3 is 1. The van der Waals surface area contributed by atoms with Gasteiger partial charge in [0.2, 0.25) is 0 Å². The van der Waals surface area contributed by atoms with Crippen molar-refractivity contribution in [1.82, 2.24) is 4.98 Å². The summed E-state index contributed by atoms with van der Waals surface area (Å²) in [5.41, 5.74) is 0.938. The third-order valence-electron chi connectivity index (χ3n) is 2.59. The van der Waals surface area contributed by atoms with Crippen LogP contribution in [-0.4, -0.2) is 18.2 Å². The molecule has 0 radical (unpaired) electrons. The van der Waals surface area contributed by atoms with Crippen molar-refractivity contribution in [3.05, 3.63) is 17.1 Å². The quantitative estimate of drug-likeness (QED) is 0.819. The van der Waals surface area contributed by atoms with Gasteiger partial charge in [-0.05, 0) is 25.8 Å². The molecule has 1 saturated carbocycles. The highest BCUT2D eigenvalue weighted by molar-refractivity contribution is 7.18. The molecule has 0 saturated heterocycles. The van der Waals surface area contributed by atoms with E-state index in [0.717, 1.165) is 26.7 Å². The van der Waals surface area contributed by atoms with Gasteiger partial charge in [0.25, 0.3) is 0 Å². The lowest BCUT2D eigenvalue weighted by molar-refractivity contribution is 0.301. The molecule has 3 rings (SSSR count). The molecule has 2 aromatic rings. The van der Waals surface area contributed by atoms with Gasteiger partial charge in [-0.1, -0.05) is 0 Å². The highest BCUT2D eigenvalue weighted by Gasteiger charge is 2.24. The number of aryl methyl sites for hydroxylation is 1. The third kappa shape index (κ3) is 1.73. The maximum absolute atomic E-state index is 5.78. The Hall–Kier alpha value is -1.29. The zero-order chi connectivity index (χ0) is 11.1. The van der Waals surface area contributed by atoms with Crippen LogP contribution in [0.15, 0.2) is 12.1 Å². The van der Waals surface area contributed by atoms with Crippen LogP contribution in [0.1, 0.15) is 17.8 Å². The number of nitrogens with zero attached hydrogens (tertiary/aromatic N) is 1. The summed E-state index contributed by atoms with van der Waals surface area (Å²) in [7, 11) is 1.67. The molecule has 0 aliphatic heterocycles. The molecule has 1 aromatic heterocycles. The Morgan fingerprint density at radius 3 is 2.88 bits per heavy atom. The number of aromatic nitrogens is 1. The minimum atomic E-state index is 0.413. The van der Waals surface area contributed by atoms with Crippen LogP contribution in [0.25, 0.3) is 10.2 Å². The Kier molecular flexibility index (Phi) is 2.24. The fraction of sp³-hybridized carbons (Fsp3) is 0.417. The summed E-state index contributed by atoms with van der Waals surface area (Å²) in [6.45, 7) is 2.01. The summed E-state index contributed by atoms with van der Waals surface area (Å²) in [4.78, 5) is 4.46. The molecule has 4 heteroatoms. The summed E-state index contributed by atoms with van der Waals surface area (Å²) < 4.78 is 12.3. The first-order valence-electron chi connectivity index (χ1n) is 5.38. The average molecular weight is 235 g/mol. The van der Waals surface area contributed by atoms with Crippen molar-refractivity contribution < 1.29 is 9.47 Å². The molecule has 3 nitrogen and oxygen atoms in total. The van der Waals surface area contributed by atoms with Gasteiger partial charge in [0.15, 0.2) is 0 Å². The number of benzene rings is 1. The van der Waals surface area contributed by atoms with Crippen LogP contribution in [-0.2, 0) is 0 Å². The van der Waals surface area contributed by atoms with Crippen LogP contribution in [0.3, 0.4) is 0 Å². The lowest BCUT2D eigenvalue weighted by atomic mass is 10.3. The summed E-state index contributed by atoms with van der Waals surface area (Å²) >= 11 is 1.67. The molecule has 1 fully saturated rings. The number of ether oxygens (including phenoxy) is 2. The molecule has 0 unspecified atom stereocenters. The molecule has 1 heterocycles. The maximum atomic E-state index is 5.78. The first-order chi connectivity index (χ1) is 7.76. The van der Waals surface area contributed by atoms with Gasteiger partial charge in [-0.25, -0.2) is 4.98 Å². The van der Waals surface area contributed by atoms with Crippen LogP contribution in [0.2, 0.25) is 0 Å². The second-order valence-electron chi connectivity index (χ2n) is 4.02. The van der Waals surface area contributed by atoms with Crippen molar-refractivity contribution in [3.8, 4) is 11.5 Å². The summed E-state index contributed by atoms with van der Waals surface area (Å²) in [5, 5.41) is 1.05. The van der Waals surface area contributed by atoms with Gasteiger partial charge in [0.1, 0.15) is 17.0 Å². The number of hydrogen-bond donors (Lipinski definition) is 0. The molecule has 84 valence electrons. The Labute approximate surface area is 98.0 Å². The summed E-state index contributed by atoms with van der Waals surface area (Å²) in [5.74, 6) is 1.70. The van der Waals surface area contributed by atoms with Crippen LogP contribution in [0, 0.1) is 6.92 Å². The topological polar surface area (TPSA) is 31.4 Å². The third-order valence-corrected chi connectivity index (χ3v) is 3.51. The minimum Gasteiger partial charge on any atom is -0.494 e. The van der Waals surface area contributed by atoms with E-state index in [9.17, 15) is 0 Å². The van der Waals surface area contributed by atoms with Crippen molar-refractivity contribution in [1.29, 1.82) is 0 Å². The van der Waals surface area contributed by atoms with E-state index >= 15 is 0 Å². The molecule has 1 aromatic carbocycles. The molecule has 0 N–H and O–H groups in total. The standard InChI is InChI=1S/C12H13NO2S/c1-7-13-12-10(14-2)5-9(6-11(12)16-7)15-8-3-4-8/h5-6,8H,3-4H2,1-2H3. The lowest BCUT2D eigenvalue weighted by Crippen LogP contribution is -1.96. The zero-order valence-corrected chi connectivity index (χ0v) is 10.1. The van der Waals surface area contributed by atoms with E-state index in [2.05, 4.69) is 11.1 Å². The van der Waals surface area contributed by atoms with Crippen molar-refractivity contribution in [2.75, 3.05) is 7.11 Å². The molecule has 0 spiro atoms. The Bertz CT molecular complexity index is 531. The first-order valence-corrected chi connectivity index (χ1v) is 6.20. The predicted molar refractivity (Wildman–Crippen MR) is 64.6 cm³/mol. The molecule has 0 atom stereocenters. The van der Waals surface area contributed by atoms with Crippen molar-refractivity contribution in [3.63, 3.8) is 0 Å².